The van der Waals surface area contributed by atoms with Crippen molar-refractivity contribution in [1.82, 2.24) is 0 Å². The van der Waals surface area contributed by atoms with Gasteiger partial charge in [-0.05, 0) is 101 Å². The first-order valence-electron chi connectivity index (χ1n) is 17.2. The summed E-state index contributed by atoms with van der Waals surface area (Å²) < 4.78 is 6.62. The molecule has 0 saturated carbocycles. The van der Waals surface area contributed by atoms with Crippen LogP contribution in [0, 0.1) is 23.7 Å². The molecule has 0 aliphatic heterocycles. The second kappa shape index (κ2) is 10.1. The van der Waals surface area contributed by atoms with Crippen LogP contribution in [0.3, 0.4) is 0 Å². The molecule has 0 radical (unpaired) electrons. The predicted molar refractivity (Wildman–Crippen MR) is 188 cm³/mol. The lowest BCUT2D eigenvalue weighted by molar-refractivity contribution is 0.348. The molecular formula is C44H38O. The molecule has 0 fully saturated rings. The lowest BCUT2D eigenvalue weighted by Gasteiger charge is -2.38. The molecule has 7 aliphatic rings. The van der Waals surface area contributed by atoms with Gasteiger partial charge in [0.1, 0.15) is 11.5 Å². The lowest BCUT2D eigenvalue weighted by atomic mass is 9.66. The van der Waals surface area contributed by atoms with Gasteiger partial charge in [-0.1, -0.05) is 115 Å². The summed E-state index contributed by atoms with van der Waals surface area (Å²) in [6.45, 7) is 0. The van der Waals surface area contributed by atoms with Crippen LogP contribution < -0.4 is 0 Å². The molecule has 220 valence electrons. The summed E-state index contributed by atoms with van der Waals surface area (Å²) >= 11 is 0. The normalized spacial score (nSPS) is 28.4. The zero-order valence-corrected chi connectivity index (χ0v) is 25.7. The fourth-order valence-electron chi connectivity index (χ4n) is 9.62. The highest BCUT2D eigenvalue weighted by Gasteiger charge is 2.36. The summed E-state index contributed by atoms with van der Waals surface area (Å²) in [5, 5.41) is 2.81. The molecule has 5 atom stereocenters. The van der Waals surface area contributed by atoms with Gasteiger partial charge in [0.15, 0.2) is 0 Å². The Bertz CT molecular complexity index is 2060. The Morgan fingerprint density at radius 3 is 2.47 bits per heavy atom. The van der Waals surface area contributed by atoms with E-state index in [1.807, 2.05) is 0 Å². The second-order valence-corrected chi connectivity index (χ2v) is 14.0. The van der Waals surface area contributed by atoms with Crippen LogP contribution in [0.1, 0.15) is 76.5 Å². The van der Waals surface area contributed by atoms with Crippen molar-refractivity contribution in [3.63, 3.8) is 0 Å². The van der Waals surface area contributed by atoms with E-state index in [9.17, 15) is 0 Å². The third kappa shape index (κ3) is 3.92. The van der Waals surface area contributed by atoms with Crippen LogP contribution in [-0.2, 0) is 19.3 Å². The Kier molecular flexibility index (Phi) is 5.80. The van der Waals surface area contributed by atoms with E-state index in [0.29, 0.717) is 29.6 Å². The van der Waals surface area contributed by atoms with Crippen molar-refractivity contribution in [1.29, 1.82) is 0 Å². The van der Waals surface area contributed by atoms with Crippen molar-refractivity contribution in [2.45, 2.75) is 50.9 Å². The second-order valence-electron chi connectivity index (χ2n) is 14.0. The maximum absolute atomic E-state index is 6.62. The average molecular weight is 583 g/mol. The van der Waals surface area contributed by atoms with E-state index in [4.69, 9.17) is 4.42 Å². The molecule has 0 amide bonds. The number of rotatable bonds is 2. The fraction of sp³-hybridized carbons (Fsp3) is 0.273. The minimum Gasteiger partial charge on any atom is -0.456 e. The minimum absolute atomic E-state index is 0.347. The van der Waals surface area contributed by atoms with Crippen LogP contribution in [0.15, 0.2) is 113 Å². The van der Waals surface area contributed by atoms with E-state index in [0.717, 1.165) is 37.2 Å². The summed E-state index contributed by atoms with van der Waals surface area (Å²) in [6.07, 6.45) is 43.8. The van der Waals surface area contributed by atoms with Gasteiger partial charge in [0.2, 0.25) is 0 Å². The topological polar surface area (TPSA) is 13.1 Å². The van der Waals surface area contributed by atoms with E-state index in [1.165, 1.54) is 69.0 Å². The molecule has 0 saturated heterocycles. The first kappa shape index (κ1) is 25.9. The number of allylic oxidation sites excluding steroid dienone is 16. The van der Waals surface area contributed by atoms with Crippen molar-refractivity contribution < 1.29 is 4.42 Å². The van der Waals surface area contributed by atoms with Gasteiger partial charge >= 0.3 is 0 Å². The highest BCUT2D eigenvalue weighted by Crippen LogP contribution is 2.49. The molecule has 0 bridgehead atoms. The summed E-state index contributed by atoms with van der Waals surface area (Å²) in [7, 11) is 0. The smallest absolute Gasteiger partial charge is 0.138 e. The predicted octanol–water partition coefficient (Wildman–Crippen LogP) is 10.9. The number of fused-ring (bicyclic) bond motifs is 9. The van der Waals surface area contributed by atoms with Crippen LogP contribution in [-0.4, -0.2) is 0 Å². The zero-order chi connectivity index (χ0) is 29.5. The summed E-state index contributed by atoms with van der Waals surface area (Å²) in [6, 6.07) is 9.25. The van der Waals surface area contributed by atoms with Gasteiger partial charge in [-0.3, -0.25) is 0 Å². The first-order chi connectivity index (χ1) is 22.3. The Labute approximate surface area is 266 Å². The molecular weight excluding hydrogens is 544 g/mol. The SMILES string of the molecule is C1=CC2C=CC3C=C(c4c5c(c(C6C=Cc7oc8c(c7C6)CCC6=C8C=CCC6)c6ccccc46)CCC=C5)C=CC3C2C=C1. The van der Waals surface area contributed by atoms with Crippen LogP contribution in [0.2, 0.25) is 0 Å². The Morgan fingerprint density at radius 2 is 1.49 bits per heavy atom. The molecule has 45 heavy (non-hydrogen) atoms. The monoisotopic (exact) mass is 582 g/mol. The van der Waals surface area contributed by atoms with E-state index in [-0.39, 0.29) is 0 Å². The van der Waals surface area contributed by atoms with E-state index in [1.54, 1.807) is 11.1 Å². The zero-order valence-electron chi connectivity index (χ0n) is 25.7. The molecule has 1 heterocycles. The highest BCUT2D eigenvalue weighted by atomic mass is 16.3. The standard InChI is InChI=1S/C44H38O/c1-3-11-32-27(9-1)17-18-29-25-30(20-22-33(29)32)42-35-13-5-7-15-37(35)43(38-16-8-6-14-36(38)42)31-21-24-41-40(26-31)39-23-19-28-10-2-4-12-34(28)44(39)45-41/h1,3-7,9,11-15,17-18,20-22,24-25,27,29,31-33H,2,8,10,16,19,23,26H2. The minimum atomic E-state index is 0.347. The molecule has 0 spiro atoms. The van der Waals surface area contributed by atoms with Crippen molar-refractivity contribution in [3.8, 4) is 0 Å². The Hall–Kier alpha value is -4.36. The van der Waals surface area contributed by atoms with E-state index < -0.39 is 0 Å². The first-order valence-corrected chi connectivity index (χ1v) is 17.2. The highest BCUT2D eigenvalue weighted by molar-refractivity contribution is 6.03. The third-order valence-electron chi connectivity index (χ3n) is 11.7. The summed E-state index contributed by atoms with van der Waals surface area (Å²) in [5.41, 5.74) is 13.2. The molecule has 3 aromatic rings. The fourth-order valence-corrected chi connectivity index (χ4v) is 9.62. The molecule has 7 aliphatic carbocycles. The molecule has 2 aromatic carbocycles. The Morgan fingerprint density at radius 1 is 0.644 bits per heavy atom. The molecule has 0 N–H and O–H groups in total. The van der Waals surface area contributed by atoms with E-state index >= 15 is 0 Å². The quantitative estimate of drug-likeness (QED) is 0.274. The lowest BCUT2D eigenvalue weighted by Crippen LogP contribution is -2.29. The third-order valence-corrected chi connectivity index (χ3v) is 11.7. The molecule has 1 aromatic heterocycles. The van der Waals surface area contributed by atoms with Gasteiger partial charge in [-0.25, -0.2) is 0 Å². The summed E-state index contributed by atoms with van der Waals surface area (Å²) in [5.74, 6) is 4.64. The van der Waals surface area contributed by atoms with Crippen LogP contribution in [0.5, 0.6) is 0 Å². The number of hydrogen-bond donors (Lipinski definition) is 0. The number of furan rings is 1. The molecule has 10 rings (SSSR count). The largest absolute Gasteiger partial charge is 0.456 e. The van der Waals surface area contributed by atoms with Gasteiger partial charge in [-0.2, -0.15) is 0 Å². The van der Waals surface area contributed by atoms with Crippen molar-refractivity contribution in [2.75, 3.05) is 0 Å². The van der Waals surface area contributed by atoms with E-state index in [2.05, 4.69) is 115 Å². The summed E-state index contributed by atoms with van der Waals surface area (Å²) in [4.78, 5) is 0. The van der Waals surface area contributed by atoms with Crippen molar-refractivity contribution >= 4 is 34.1 Å². The maximum Gasteiger partial charge on any atom is 0.138 e. The average Bonchev–Trinajstić information content (AvgIpc) is 3.49. The van der Waals surface area contributed by atoms with Crippen molar-refractivity contribution in [2.24, 2.45) is 23.7 Å². The van der Waals surface area contributed by atoms with Crippen molar-refractivity contribution in [3.05, 3.63) is 154 Å². The van der Waals surface area contributed by atoms with Gasteiger partial charge < -0.3 is 4.42 Å². The molecule has 1 heteroatoms. The maximum atomic E-state index is 6.62. The molecule has 1 nitrogen and oxygen atoms in total. The molecule has 5 unspecified atom stereocenters. The van der Waals surface area contributed by atoms with Gasteiger partial charge in [-0.15, -0.1) is 0 Å². The number of benzene rings is 2. The number of hydrogen-bond acceptors (Lipinski definition) is 1. The van der Waals surface area contributed by atoms with Crippen LogP contribution in [0.4, 0.5) is 0 Å². The van der Waals surface area contributed by atoms with Crippen LogP contribution in [0.25, 0.3) is 34.1 Å². The Balaban J connectivity index is 1.09. The van der Waals surface area contributed by atoms with Crippen LogP contribution >= 0.6 is 0 Å². The van der Waals surface area contributed by atoms with Gasteiger partial charge in [0.05, 0.1) is 0 Å². The van der Waals surface area contributed by atoms with Gasteiger partial charge in [0.25, 0.3) is 0 Å². The van der Waals surface area contributed by atoms with Gasteiger partial charge in [0, 0.05) is 34.5 Å².